The highest BCUT2D eigenvalue weighted by Crippen LogP contribution is 2.45. The predicted molar refractivity (Wildman–Crippen MR) is 96.2 cm³/mol. The first-order valence-electron chi connectivity index (χ1n) is 9.24. The summed E-state index contributed by atoms with van der Waals surface area (Å²) in [5.41, 5.74) is 0.0946. The molecule has 3 rings (SSSR count). The summed E-state index contributed by atoms with van der Waals surface area (Å²) in [4.78, 5) is 16.9. The third-order valence-corrected chi connectivity index (χ3v) is 4.67. The molecule has 1 aliphatic carbocycles. The number of pyridine rings is 1. The number of ether oxygens (including phenoxy) is 1. The van der Waals surface area contributed by atoms with Crippen LogP contribution in [0.25, 0.3) is 0 Å². The van der Waals surface area contributed by atoms with Gasteiger partial charge in [-0.2, -0.15) is 18.4 Å². The Hall–Kier alpha value is -2.72. The Kier molecular flexibility index (Phi) is 5.50. The van der Waals surface area contributed by atoms with Crippen molar-refractivity contribution >= 4 is 5.91 Å². The zero-order valence-corrected chi connectivity index (χ0v) is 16.5. The van der Waals surface area contributed by atoms with E-state index >= 15 is 0 Å². The second-order valence-corrected chi connectivity index (χ2v) is 8.23. The smallest absolute Gasteiger partial charge is 0.425 e. The lowest BCUT2D eigenvalue weighted by Gasteiger charge is -2.28. The van der Waals surface area contributed by atoms with Crippen molar-refractivity contribution in [1.82, 2.24) is 30.9 Å². The van der Waals surface area contributed by atoms with E-state index in [-0.39, 0.29) is 17.4 Å². The Morgan fingerprint density at radius 1 is 1.31 bits per heavy atom. The van der Waals surface area contributed by atoms with Gasteiger partial charge in [-0.05, 0) is 31.1 Å². The fourth-order valence-electron chi connectivity index (χ4n) is 2.80. The molecule has 1 aliphatic rings. The van der Waals surface area contributed by atoms with Crippen LogP contribution < -0.4 is 10.1 Å². The van der Waals surface area contributed by atoms with Crippen LogP contribution in [0, 0.1) is 5.41 Å². The van der Waals surface area contributed by atoms with Crippen LogP contribution >= 0.6 is 0 Å². The number of amides is 1. The second-order valence-electron chi connectivity index (χ2n) is 8.23. The summed E-state index contributed by atoms with van der Waals surface area (Å²) in [5, 5.41) is 16.5. The summed E-state index contributed by atoms with van der Waals surface area (Å²) in [6.07, 6.45) is -3.38. The molecule has 2 aromatic heterocycles. The minimum absolute atomic E-state index is 0.0318. The van der Waals surface area contributed by atoms with Gasteiger partial charge in [0.1, 0.15) is 11.4 Å². The lowest BCUT2D eigenvalue weighted by atomic mass is 9.86. The normalized spacial score (nSPS) is 16.9. The largest absolute Gasteiger partial charge is 0.481 e. The minimum Gasteiger partial charge on any atom is -0.481 e. The molecular formula is C18H23F3N6O2. The van der Waals surface area contributed by atoms with Crippen molar-refractivity contribution in [2.24, 2.45) is 5.41 Å². The molecule has 0 aromatic carbocycles. The van der Waals surface area contributed by atoms with Gasteiger partial charge in [0.15, 0.2) is 11.9 Å². The number of aromatic amines is 1. The SMILES string of the molecule is CC(Oc1cc(C(=O)NC(c2nn[nH]n2)C(C)(C)C)ncc1C1CC1)C(F)(F)F. The molecule has 2 N–H and O–H groups in total. The van der Waals surface area contributed by atoms with Gasteiger partial charge in [-0.15, -0.1) is 10.2 Å². The monoisotopic (exact) mass is 412 g/mol. The molecule has 0 bridgehead atoms. The maximum absolute atomic E-state index is 13.0. The Balaban J connectivity index is 1.86. The molecule has 158 valence electrons. The molecule has 0 saturated heterocycles. The molecule has 2 unspecified atom stereocenters. The fourth-order valence-corrected chi connectivity index (χ4v) is 2.80. The third-order valence-electron chi connectivity index (χ3n) is 4.67. The van der Waals surface area contributed by atoms with E-state index in [9.17, 15) is 18.0 Å². The maximum atomic E-state index is 13.0. The van der Waals surface area contributed by atoms with Gasteiger partial charge in [-0.25, -0.2) is 0 Å². The number of rotatable bonds is 6. The van der Waals surface area contributed by atoms with E-state index in [1.165, 1.54) is 12.3 Å². The highest BCUT2D eigenvalue weighted by molar-refractivity contribution is 5.93. The van der Waals surface area contributed by atoms with Gasteiger partial charge in [-0.3, -0.25) is 9.78 Å². The quantitative estimate of drug-likeness (QED) is 0.754. The van der Waals surface area contributed by atoms with Crippen LogP contribution in [0.15, 0.2) is 12.3 Å². The molecule has 1 amide bonds. The zero-order valence-electron chi connectivity index (χ0n) is 16.5. The van der Waals surface area contributed by atoms with Gasteiger partial charge in [0.05, 0.1) is 6.04 Å². The first kappa shape index (κ1) is 21.0. The molecule has 0 spiro atoms. The van der Waals surface area contributed by atoms with Crippen molar-refractivity contribution in [2.75, 3.05) is 0 Å². The van der Waals surface area contributed by atoms with Crippen LogP contribution in [0.2, 0.25) is 0 Å². The summed E-state index contributed by atoms with van der Waals surface area (Å²) in [7, 11) is 0. The van der Waals surface area contributed by atoms with Crippen LogP contribution in [0.4, 0.5) is 13.2 Å². The summed E-state index contributed by atoms with van der Waals surface area (Å²) in [6, 6.07) is 0.679. The van der Waals surface area contributed by atoms with Gasteiger partial charge in [0.2, 0.25) is 0 Å². The lowest BCUT2D eigenvalue weighted by Crippen LogP contribution is -2.38. The Bertz CT molecular complexity index is 859. The predicted octanol–water partition coefficient (Wildman–Crippen LogP) is 3.32. The molecule has 11 heteroatoms. The number of alkyl halides is 3. The number of carbonyl (C=O) groups is 1. The van der Waals surface area contributed by atoms with E-state index in [2.05, 4.69) is 30.9 Å². The number of halogens is 3. The molecule has 1 fully saturated rings. The van der Waals surface area contributed by atoms with Gasteiger partial charge < -0.3 is 10.1 Å². The van der Waals surface area contributed by atoms with Crippen LogP contribution in [0.5, 0.6) is 5.75 Å². The first-order chi connectivity index (χ1) is 13.5. The number of hydrogen-bond donors (Lipinski definition) is 2. The first-order valence-corrected chi connectivity index (χ1v) is 9.24. The number of hydrogen-bond acceptors (Lipinski definition) is 6. The summed E-state index contributed by atoms with van der Waals surface area (Å²) in [5.74, 6) is -0.134. The topological polar surface area (TPSA) is 106 Å². The van der Waals surface area contributed by atoms with E-state index in [1.807, 2.05) is 20.8 Å². The summed E-state index contributed by atoms with van der Waals surface area (Å²) < 4.78 is 44.0. The number of carbonyl (C=O) groups excluding carboxylic acids is 1. The standard InChI is InChI=1S/C18H23F3N6O2/c1-9(18(19,20)21)29-13-7-12(22-8-11(13)10-5-6-10)16(28)23-14(17(2,3)4)15-24-26-27-25-15/h7-10,14H,5-6H2,1-4H3,(H,23,28)(H,24,25,26,27). The van der Waals surface area contributed by atoms with Gasteiger partial charge in [-0.1, -0.05) is 26.0 Å². The van der Waals surface area contributed by atoms with E-state index in [4.69, 9.17) is 4.74 Å². The molecule has 2 heterocycles. The molecule has 2 aromatic rings. The van der Waals surface area contributed by atoms with E-state index < -0.39 is 29.6 Å². The van der Waals surface area contributed by atoms with Crippen LogP contribution in [0.3, 0.4) is 0 Å². The number of aromatic nitrogens is 5. The highest BCUT2D eigenvalue weighted by atomic mass is 19.4. The molecule has 0 aliphatic heterocycles. The number of tetrazole rings is 1. The van der Waals surface area contributed by atoms with Crippen molar-refractivity contribution in [3.63, 3.8) is 0 Å². The van der Waals surface area contributed by atoms with Crippen LogP contribution in [-0.4, -0.2) is 43.8 Å². The van der Waals surface area contributed by atoms with Crippen molar-refractivity contribution in [1.29, 1.82) is 0 Å². The fraction of sp³-hybridized carbons (Fsp3) is 0.611. The Morgan fingerprint density at radius 2 is 2.00 bits per heavy atom. The van der Waals surface area contributed by atoms with E-state index in [0.717, 1.165) is 19.8 Å². The average Bonchev–Trinajstić information content (AvgIpc) is 3.32. The zero-order chi connectivity index (χ0) is 21.4. The van der Waals surface area contributed by atoms with Gasteiger partial charge in [0, 0.05) is 17.8 Å². The maximum Gasteiger partial charge on any atom is 0.425 e. The van der Waals surface area contributed by atoms with Crippen molar-refractivity contribution in [2.45, 2.75) is 64.8 Å². The molecule has 0 radical (unpaired) electrons. The van der Waals surface area contributed by atoms with Crippen LogP contribution in [0.1, 0.15) is 74.4 Å². The molecule has 8 nitrogen and oxygen atoms in total. The molecule has 29 heavy (non-hydrogen) atoms. The summed E-state index contributed by atoms with van der Waals surface area (Å²) in [6.45, 7) is 6.59. The summed E-state index contributed by atoms with van der Waals surface area (Å²) >= 11 is 0. The number of H-pyrrole nitrogens is 1. The van der Waals surface area contributed by atoms with Crippen molar-refractivity contribution in [3.05, 3.63) is 29.3 Å². The Morgan fingerprint density at radius 3 is 2.52 bits per heavy atom. The number of nitrogens with zero attached hydrogens (tertiary/aromatic N) is 4. The van der Waals surface area contributed by atoms with Crippen molar-refractivity contribution in [3.8, 4) is 5.75 Å². The lowest BCUT2D eigenvalue weighted by molar-refractivity contribution is -0.189. The highest BCUT2D eigenvalue weighted by Gasteiger charge is 2.39. The van der Waals surface area contributed by atoms with E-state index in [0.29, 0.717) is 11.4 Å². The molecule has 1 saturated carbocycles. The van der Waals surface area contributed by atoms with Gasteiger partial charge in [0.25, 0.3) is 5.91 Å². The molecular weight excluding hydrogens is 389 g/mol. The van der Waals surface area contributed by atoms with E-state index in [1.54, 1.807) is 0 Å². The number of nitrogens with one attached hydrogen (secondary N) is 2. The van der Waals surface area contributed by atoms with Gasteiger partial charge >= 0.3 is 6.18 Å². The van der Waals surface area contributed by atoms with Crippen LogP contribution in [-0.2, 0) is 0 Å². The average molecular weight is 412 g/mol. The molecule has 2 atom stereocenters. The van der Waals surface area contributed by atoms with Crippen molar-refractivity contribution < 1.29 is 22.7 Å². The third kappa shape index (κ3) is 5.01. The Labute approximate surface area is 165 Å². The minimum atomic E-state index is -4.51. The second kappa shape index (κ2) is 7.60.